The molecule has 1 unspecified atom stereocenters. The summed E-state index contributed by atoms with van der Waals surface area (Å²) in [7, 11) is 0. The molecule has 0 spiro atoms. The molecule has 0 aromatic heterocycles. The van der Waals surface area contributed by atoms with Gasteiger partial charge in [0.1, 0.15) is 11.9 Å². The molecule has 2 aromatic carbocycles. The molecule has 1 N–H and O–H groups in total. The van der Waals surface area contributed by atoms with Crippen LogP contribution in [0.1, 0.15) is 45.1 Å². The summed E-state index contributed by atoms with van der Waals surface area (Å²) in [4.78, 5) is 11.1. The van der Waals surface area contributed by atoms with Crippen molar-refractivity contribution in [1.29, 1.82) is 0 Å². The third-order valence-corrected chi connectivity index (χ3v) is 4.01. The average Bonchev–Trinajstić information content (AvgIpc) is 2.46. The van der Waals surface area contributed by atoms with Crippen LogP contribution in [0.5, 0.6) is 5.75 Å². The number of rotatable bonds is 2. The molecule has 3 nitrogen and oxygen atoms in total. The summed E-state index contributed by atoms with van der Waals surface area (Å²) in [5.41, 5.74) is 4.96. The fraction of sp³-hybridized carbons (Fsp3) is 0.278. The van der Waals surface area contributed by atoms with Crippen LogP contribution in [0.3, 0.4) is 0 Å². The molecule has 21 heavy (non-hydrogen) atoms. The van der Waals surface area contributed by atoms with Crippen molar-refractivity contribution in [1.82, 2.24) is 0 Å². The van der Waals surface area contributed by atoms with E-state index in [4.69, 9.17) is 9.84 Å². The number of aryl methyl sites for hydroxylation is 2. The topological polar surface area (TPSA) is 46.5 Å². The molecule has 0 aliphatic carbocycles. The standard InChI is InChI=1S/C18H18O3/c1-11-8-12(2)15-6-7-16(21-17(15)9-11)13-4-3-5-14(10-13)18(19)20/h3-5,8-10,16H,6-7H2,1-2H3,(H,19,20). The van der Waals surface area contributed by atoms with Crippen LogP contribution in [0.4, 0.5) is 0 Å². The van der Waals surface area contributed by atoms with Gasteiger partial charge in [0.25, 0.3) is 0 Å². The summed E-state index contributed by atoms with van der Waals surface area (Å²) in [6, 6.07) is 11.3. The van der Waals surface area contributed by atoms with Crippen LogP contribution in [-0.4, -0.2) is 11.1 Å². The molecule has 0 bridgehead atoms. The number of hydrogen-bond donors (Lipinski definition) is 1. The van der Waals surface area contributed by atoms with Crippen molar-refractivity contribution in [2.24, 2.45) is 0 Å². The van der Waals surface area contributed by atoms with E-state index < -0.39 is 5.97 Å². The minimum atomic E-state index is -0.903. The van der Waals surface area contributed by atoms with Crippen molar-refractivity contribution in [3.63, 3.8) is 0 Å². The molecule has 1 atom stereocenters. The van der Waals surface area contributed by atoms with Crippen LogP contribution in [-0.2, 0) is 6.42 Å². The number of aromatic carboxylic acids is 1. The number of carboxylic acids is 1. The molecule has 1 aliphatic rings. The van der Waals surface area contributed by atoms with Crippen molar-refractivity contribution in [3.05, 3.63) is 64.2 Å². The van der Waals surface area contributed by atoms with Gasteiger partial charge in [-0.15, -0.1) is 0 Å². The largest absolute Gasteiger partial charge is 0.485 e. The van der Waals surface area contributed by atoms with E-state index in [0.717, 1.165) is 24.2 Å². The molecule has 3 rings (SSSR count). The van der Waals surface area contributed by atoms with E-state index in [1.807, 2.05) is 6.07 Å². The quantitative estimate of drug-likeness (QED) is 0.903. The Morgan fingerprint density at radius 2 is 2.05 bits per heavy atom. The lowest BCUT2D eigenvalue weighted by Crippen LogP contribution is -2.16. The first-order valence-corrected chi connectivity index (χ1v) is 7.14. The number of carboxylic acid groups (broad SMARTS) is 1. The molecule has 0 saturated heterocycles. The van der Waals surface area contributed by atoms with Gasteiger partial charge in [-0.3, -0.25) is 0 Å². The number of ether oxygens (including phenoxy) is 1. The van der Waals surface area contributed by atoms with E-state index in [-0.39, 0.29) is 6.10 Å². The minimum Gasteiger partial charge on any atom is -0.485 e. The second kappa shape index (κ2) is 5.24. The molecular weight excluding hydrogens is 264 g/mol. The van der Waals surface area contributed by atoms with Crippen LogP contribution in [0.2, 0.25) is 0 Å². The van der Waals surface area contributed by atoms with Crippen LogP contribution in [0.25, 0.3) is 0 Å². The highest BCUT2D eigenvalue weighted by Crippen LogP contribution is 2.37. The molecule has 108 valence electrons. The maximum atomic E-state index is 11.1. The van der Waals surface area contributed by atoms with Gasteiger partial charge in [0, 0.05) is 0 Å². The minimum absolute atomic E-state index is 0.0713. The first-order chi connectivity index (χ1) is 10.0. The van der Waals surface area contributed by atoms with Crippen LogP contribution in [0.15, 0.2) is 36.4 Å². The van der Waals surface area contributed by atoms with Crippen molar-refractivity contribution in [2.45, 2.75) is 32.8 Å². The van der Waals surface area contributed by atoms with Gasteiger partial charge in [-0.25, -0.2) is 4.79 Å². The van der Waals surface area contributed by atoms with Gasteiger partial charge in [-0.1, -0.05) is 18.2 Å². The fourth-order valence-corrected chi connectivity index (χ4v) is 2.98. The molecule has 0 saturated carbocycles. The zero-order valence-corrected chi connectivity index (χ0v) is 12.2. The SMILES string of the molecule is Cc1cc(C)c2c(c1)OC(c1cccc(C(=O)O)c1)CC2. The molecule has 2 aromatic rings. The van der Waals surface area contributed by atoms with Crippen LogP contribution < -0.4 is 4.74 Å². The Hall–Kier alpha value is -2.29. The lowest BCUT2D eigenvalue weighted by molar-refractivity contribution is 0.0696. The van der Waals surface area contributed by atoms with Crippen molar-refractivity contribution >= 4 is 5.97 Å². The maximum Gasteiger partial charge on any atom is 0.335 e. The second-order valence-electron chi connectivity index (χ2n) is 5.63. The van der Waals surface area contributed by atoms with Gasteiger partial charge in [0.05, 0.1) is 5.56 Å². The molecular formula is C18H18O3. The molecule has 1 heterocycles. The molecule has 0 radical (unpaired) electrons. The summed E-state index contributed by atoms with van der Waals surface area (Å²) < 4.78 is 6.12. The van der Waals surface area contributed by atoms with Crippen molar-refractivity contribution < 1.29 is 14.6 Å². The Morgan fingerprint density at radius 1 is 1.24 bits per heavy atom. The number of fused-ring (bicyclic) bond motifs is 1. The second-order valence-corrected chi connectivity index (χ2v) is 5.63. The Kier molecular flexibility index (Phi) is 3.42. The summed E-state index contributed by atoms with van der Waals surface area (Å²) in [5.74, 6) is 0.0317. The van der Waals surface area contributed by atoms with Crippen molar-refractivity contribution in [2.75, 3.05) is 0 Å². The smallest absolute Gasteiger partial charge is 0.335 e. The zero-order chi connectivity index (χ0) is 15.0. The highest BCUT2D eigenvalue weighted by atomic mass is 16.5. The Labute approximate surface area is 124 Å². The van der Waals surface area contributed by atoms with E-state index in [1.54, 1.807) is 18.2 Å². The highest BCUT2D eigenvalue weighted by molar-refractivity contribution is 5.87. The number of carbonyl (C=O) groups is 1. The first-order valence-electron chi connectivity index (χ1n) is 7.14. The van der Waals surface area contributed by atoms with Gasteiger partial charge in [-0.05, 0) is 67.1 Å². The van der Waals surface area contributed by atoms with Gasteiger partial charge in [0.15, 0.2) is 0 Å². The van der Waals surface area contributed by atoms with Crippen LogP contribution >= 0.6 is 0 Å². The monoisotopic (exact) mass is 282 g/mol. The lowest BCUT2D eigenvalue weighted by atomic mass is 9.93. The van der Waals surface area contributed by atoms with E-state index in [9.17, 15) is 4.79 Å². The Balaban J connectivity index is 1.93. The van der Waals surface area contributed by atoms with Gasteiger partial charge in [-0.2, -0.15) is 0 Å². The van der Waals surface area contributed by atoms with Gasteiger partial charge in [0.2, 0.25) is 0 Å². The summed E-state index contributed by atoms with van der Waals surface area (Å²) in [5, 5.41) is 9.10. The van der Waals surface area contributed by atoms with Crippen molar-refractivity contribution in [3.8, 4) is 5.75 Å². The summed E-state index contributed by atoms with van der Waals surface area (Å²) >= 11 is 0. The predicted molar refractivity (Wildman–Crippen MR) is 81.0 cm³/mol. The third-order valence-electron chi connectivity index (χ3n) is 4.01. The Bertz CT molecular complexity index is 704. The lowest BCUT2D eigenvalue weighted by Gasteiger charge is -2.28. The van der Waals surface area contributed by atoms with E-state index in [1.165, 1.54) is 16.7 Å². The van der Waals surface area contributed by atoms with E-state index >= 15 is 0 Å². The predicted octanol–water partition coefficient (Wildman–Crippen LogP) is 4.07. The summed E-state index contributed by atoms with van der Waals surface area (Å²) in [6.45, 7) is 4.17. The first kappa shape index (κ1) is 13.7. The Morgan fingerprint density at radius 3 is 2.81 bits per heavy atom. The highest BCUT2D eigenvalue weighted by Gasteiger charge is 2.23. The van der Waals surface area contributed by atoms with E-state index in [0.29, 0.717) is 5.56 Å². The van der Waals surface area contributed by atoms with Gasteiger partial charge >= 0.3 is 5.97 Å². The zero-order valence-electron chi connectivity index (χ0n) is 12.2. The molecule has 0 amide bonds. The normalized spacial score (nSPS) is 17.0. The van der Waals surface area contributed by atoms with Gasteiger partial charge < -0.3 is 9.84 Å². The molecule has 1 aliphatic heterocycles. The van der Waals surface area contributed by atoms with Crippen LogP contribution in [0, 0.1) is 13.8 Å². The number of benzene rings is 2. The summed E-state index contributed by atoms with van der Waals surface area (Å²) in [6.07, 6.45) is 1.77. The maximum absolute atomic E-state index is 11.1. The van der Waals surface area contributed by atoms with E-state index in [2.05, 4.69) is 26.0 Å². The molecule has 0 fully saturated rings. The fourth-order valence-electron chi connectivity index (χ4n) is 2.98. The third kappa shape index (κ3) is 2.64. The molecule has 3 heteroatoms. The average molecular weight is 282 g/mol. The number of hydrogen-bond acceptors (Lipinski definition) is 2.